The van der Waals surface area contributed by atoms with E-state index in [9.17, 15) is 8.42 Å². The van der Waals surface area contributed by atoms with E-state index in [1.165, 1.54) is 10.9 Å². The minimum atomic E-state index is -3.14. The number of rotatable bonds is 5. The minimum Gasteiger partial charge on any atom is -0.361 e. The molecule has 6 heteroatoms. The SMILES string of the molecule is CC(C)S(=O)(=O)N1CC[C@@H](NCc2cccc3[nH]ccc23)[C@H](C)C1. The third-order valence-electron chi connectivity index (χ3n) is 5.06. The van der Waals surface area contributed by atoms with Gasteiger partial charge in [-0.1, -0.05) is 19.1 Å². The van der Waals surface area contributed by atoms with Crippen molar-refractivity contribution >= 4 is 20.9 Å². The highest BCUT2D eigenvalue weighted by Gasteiger charge is 2.33. The van der Waals surface area contributed by atoms with Gasteiger partial charge < -0.3 is 10.3 Å². The molecule has 2 atom stereocenters. The third kappa shape index (κ3) is 3.36. The minimum absolute atomic E-state index is 0.303. The van der Waals surface area contributed by atoms with E-state index in [1.54, 1.807) is 18.2 Å². The van der Waals surface area contributed by atoms with Crippen LogP contribution in [0, 0.1) is 5.92 Å². The molecule has 0 spiro atoms. The van der Waals surface area contributed by atoms with Crippen LogP contribution in [0.2, 0.25) is 0 Å². The van der Waals surface area contributed by atoms with Crippen molar-refractivity contribution in [3.8, 4) is 0 Å². The van der Waals surface area contributed by atoms with Crippen molar-refractivity contribution in [1.82, 2.24) is 14.6 Å². The second-order valence-electron chi connectivity index (χ2n) is 7.06. The Labute approximate surface area is 144 Å². The first kappa shape index (κ1) is 17.5. The van der Waals surface area contributed by atoms with E-state index in [2.05, 4.69) is 41.5 Å². The van der Waals surface area contributed by atoms with Crippen LogP contribution in [0.15, 0.2) is 30.5 Å². The molecule has 1 aromatic carbocycles. The van der Waals surface area contributed by atoms with Crippen molar-refractivity contribution in [3.05, 3.63) is 36.0 Å². The first-order valence-electron chi connectivity index (χ1n) is 8.67. The Morgan fingerprint density at radius 1 is 1.33 bits per heavy atom. The summed E-state index contributed by atoms with van der Waals surface area (Å²) in [6, 6.07) is 8.74. The predicted octanol–water partition coefficient (Wildman–Crippen LogP) is 2.71. The summed E-state index contributed by atoms with van der Waals surface area (Å²) in [5, 5.41) is 4.54. The van der Waals surface area contributed by atoms with Gasteiger partial charge in [0.15, 0.2) is 0 Å². The molecule has 1 aliphatic heterocycles. The monoisotopic (exact) mass is 349 g/mol. The number of sulfonamides is 1. The van der Waals surface area contributed by atoms with Gasteiger partial charge in [-0.15, -0.1) is 0 Å². The van der Waals surface area contributed by atoms with Crippen LogP contribution < -0.4 is 5.32 Å². The average Bonchev–Trinajstić information content (AvgIpc) is 3.02. The number of hydrogen-bond donors (Lipinski definition) is 2. The second kappa shape index (κ2) is 6.86. The molecule has 3 rings (SSSR count). The lowest BCUT2D eigenvalue weighted by molar-refractivity contribution is 0.218. The Balaban J connectivity index is 1.63. The third-order valence-corrected chi connectivity index (χ3v) is 7.31. The van der Waals surface area contributed by atoms with Crippen molar-refractivity contribution < 1.29 is 8.42 Å². The summed E-state index contributed by atoms with van der Waals surface area (Å²) in [6.07, 6.45) is 2.82. The molecule has 1 saturated heterocycles. The predicted molar refractivity (Wildman–Crippen MR) is 98.3 cm³/mol. The molecule has 2 aromatic rings. The molecule has 0 bridgehead atoms. The van der Waals surface area contributed by atoms with Gasteiger partial charge in [-0.25, -0.2) is 12.7 Å². The fourth-order valence-corrected chi connectivity index (χ4v) is 4.88. The highest BCUT2D eigenvalue weighted by atomic mass is 32.2. The number of aromatic amines is 1. The zero-order valence-corrected chi connectivity index (χ0v) is 15.4. The Morgan fingerprint density at radius 3 is 2.83 bits per heavy atom. The number of nitrogens with zero attached hydrogens (tertiary/aromatic N) is 1. The van der Waals surface area contributed by atoms with Crippen LogP contribution in [0.25, 0.3) is 10.9 Å². The molecule has 1 aliphatic rings. The average molecular weight is 350 g/mol. The molecule has 24 heavy (non-hydrogen) atoms. The number of aromatic nitrogens is 1. The standard InChI is InChI=1S/C18H27N3O2S/c1-13(2)24(22,23)21-10-8-17(14(3)12-21)20-11-15-5-4-6-18-16(15)7-9-19-18/h4-7,9,13-14,17,19-20H,8,10-12H2,1-3H3/t14-,17-/m1/s1. The molecular formula is C18H27N3O2S. The Bertz CT molecular complexity index is 797. The van der Waals surface area contributed by atoms with Gasteiger partial charge in [0.2, 0.25) is 10.0 Å². The van der Waals surface area contributed by atoms with Crippen LogP contribution in [0.1, 0.15) is 32.8 Å². The number of piperidine rings is 1. The van der Waals surface area contributed by atoms with E-state index in [4.69, 9.17) is 0 Å². The van der Waals surface area contributed by atoms with E-state index in [0.717, 1.165) is 18.5 Å². The molecule has 132 valence electrons. The van der Waals surface area contributed by atoms with Crippen LogP contribution >= 0.6 is 0 Å². The molecule has 0 unspecified atom stereocenters. The maximum atomic E-state index is 12.3. The highest BCUT2D eigenvalue weighted by Crippen LogP contribution is 2.23. The van der Waals surface area contributed by atoms with Crippen molar-refractivity contribution in [2.75, 3.05) is 13.1 Å². The van der Waals surface area contributed by atoms with E-state index >= 15 is 0 Å². The molecule has 0 saturated carbocycles. The Kier molecular flexibility index (Phi) is 4.99. The summed E-state index contributed by atoms with van der Waals surface area (Å²) in [4.78, 5) is 3.24. The fraction of sp³-hybridized carbons (Fsp3) is 0.556. The van der Waals surface area contributed by atoms with Crippen LogP contribution in [0.3, 0.4) is 0 Å². The summed E-state index contributed by atoms with van der Waals surface area (Å²) in [7, 11) is -3.14. The van der Waals surface area contributed by atoms with Gasteiger partial charge in [0, 0.05) is 42.8 Å². The summed E-state index contributed by atoms with van der Waals surface area (Å²) < 4.78 is 26.3. The summed E-state index contributed by atoms with van der Waals surface area (Å²) >= 11 is 0. The topological polar surface area (TPSA) is 65.2 Å². The summed E-state index contributed by atoms with van der Waals surface area (Å²) in [6.45, 7) is 7.66. The zero-order valence-electron chi connectivity index (χ0n) is 14.6. The first-order chi connectivity index (χ1) is 11.4. The Hall–Kier alpha value is -1.37. The Morgan fingerprint density at radius 2 is 2.12 bits per heavy atom. The van der Waals surface area contributed by atoms with Gasteiger partial charge in [-0.05, 0) is 43.9 Å². The molecule has 0 aliphatic carbocycles. The second-order valence-corrected chi connectivity index (χ2v) is 9.55. The van der Waals surface area contributed by atoms with Gasteiger partial charge in [0.25, 0.3) is 0 Å². The smallest absolute Gasteiger partial charge is 0.216 e. The lowest BCUT2D eigenvalue weighted by Gasteiger charge is -2.37. The van der Waals surface area contributed by atoms with Crippen molar-refractivity contribution in [2.45, 2.75) is 45.0 Å². The van der Waals surface area contributed by atoms with Gasteiger partial charge in [-0.3, -0.25) is 0 Å². The van der Waals surface area contributed by atoms with Gasteiger partial charge in [0.05, 0.1) is 5.25 Å². The number of H-pyrrole nitrogens is 1. The van der Waals surface area contributed by atoms with E-state index in [1.807, 2.05) is 6.20 Å². The first-order valence-corrected chi connectivity index (χ1v) is 10.2. The molecule has 2 heterocycles. The van der Waals surface area contributed by atoms with Gasteiger partial charge in [-0.2, -0.15) is 0 Å². The highest BCUT2D eigenvalue weighted by molar-refractivity contribution is 7.89. The number of fused-ring (bicyclic) bond motifs is 1. The number of nitrogens with one attached hydrogen (secondary N) is 2. The normalized spacial score (nSPS) is 23.2. The van der Waals surface area contributed by atoms with Crippen LogP contribution in [-0.4, -0.2) is 42.1 Å². The summed E-state index contributed by atoms with van der Waals surface area (Å²) in [5.74, 6) is 0.303. The molecule has 1 aromatic heterocycles. The van der Waals surface area contributed by atoms with E-state index < -0.39 is 10.0 Å². The van der Waals surface area contributed by atoms with Crippen molar-refractivity contribution in [2.24, 2.45) is 5.92 Å². The molecule has 2 N–H and O–H groups in total. The quantitative estimate of drug-likeness (QED) is 0.872. The molecule has 5 nitrogen and oxygen atoms in total. The fourth-order valence-electron chi connectivity index (χ4n) is 3.49. The number of benzene rings is 1. The van der Waals surface area contributed by atoms with Crippen molar-refractivity contribution in [3.63, 3.8) is 0 Å². The number of hydrogen-bond acceptors (Lipinski definition) is 3. The molecule has 0 amide bonds. The van der Waals surface area contributed by atoms with Crippen molar-refractivity contribution in [1.29, 1.82) is 0 Å². The van der Waals surface area contributed by atoms with Gasteiger partial charge in [0.1, 0.15) is 0 Å². The van der Waals surface area contributed by atoms with E-state index in [0.29, 0.717) is 25.0 Å². The lowest BCUT2D eigenvalue weighted by Crippen LogP contribution is -2.51. The lowest BCUT2D eigenvalue weighted by atomic mass is 9.95. The van der Waals surface area contributed by atoms with E-state index in [-0.39, 0.29) is 5.25 Å². The molecular weight excluding hydrogens is 322 g/mol. The molecule has 0 radical (unpaired) electrons. The van der Waals surface area contributed by atoms with Crippen LogP contribution in [-0.2, 0) is 16.6 Å². The maximum Gasteiger partial charge on any atom is 0.216 e. The van der Waals surface area contributed by atoms with Gasteiger partial charge >= 0.3 is 0 Å². The maximum absolute atomic E-state index is 12.3. The van der Waals surface area contributed by atoms with Crippen LogP contribution in [0.4, 0.5) is 0 Å². The summed E-state index contributed by atoms with van der Waals surface area (Å²) in [5.41, 5.74) is 2.43. The van der Waals surface area contributed by atoms with Crippen LogP contribution in [0.5, 0.6) is 0 Å². The largest absolute Gasteiger partial charge is 0.361 e. The zero-order chi connectivity index (χ0) is 17.3. The molecule has 1 fully saturated rings.